The van der Waals surface area contributed by atoms with Crippen LogP contribution in [0, 0.1) is 0 Å². The lowest BCUT2D eigenvalue weighted by molar-refractivity contribution is -0.348. The summed E-state index contributed by atoms with van der Waals surface area (Å²) in [7, 11) is 1.38. The van der Waals surface area contributed by atoms with Crippen LogP contribution in [0.15, 0.2) is 71.2 Å². The molecule has 0 heterocycles. The van der Waals surface area contributed by atoms with Gasteiger partial charge in [-0.2, -0.15) is 39.5 Å². The van der Waals surface area contributed by atoms with Gasteiger partial charge in [0.05, 0.1) is 5.69 Å². The molecular formula is C26H17BrF10N2O3. The normalized spacial score (nSPS) is 12.6. The van der Waals surface area contributed by atoms with Gasteiger partial charge in [-0.15, -0.1) is 0 Å². The summed E-state index contributed by atoms with van der Waals surface area (Å²) in [5.41, 5.74) is -8.70. The van der Waals surface area contributed by atoms with Gasteiger partial charge in [-0.05, 0) is 58.4 Å². The van der Waals surface area contributed by atoms with Gasteiger partial charge in [-0.25, -0.2) is 4.39 Å². The molecule has 0 bridgehead atoms. The minimum absolute atomic E-state index is 0.0137. The number of rotatable bonds is 7. The molecule has 0 atom stereocenters. The van der Waals surface area contributed by atoms with E-state index in [1.165, 1.54) is 48.3 Å². The molecule has 0 saturated heterocycles. The van der Waals surface area contributed by atoms with Crippen LogP contribution in [0.3, 0.4) is 0 Å². The largest absolute Gasteiger partial charge is 0.482 e. The summed E-state index contributed by atoms with van der Waals surface area (Å²) in [5, 5.41) is 2.05. The van der Waals surface area contributed by atoms with Crippen molar-refractivity contribution in [3.05, 3.63) is 87.9 Å². The van der Waals surface area contributed by atoms with E-state index in [4.69, 9.17) is 0 Å². The van der Waals surface area contributed by atoms with E-state index in [-0.39, 0.29) is 23.4 Å². The molecule has 0 aliphatic carbocycles. The molecule has 2 amide bonds. The van der Waals surface area contributed by atoms with Crippen molar-refractivity contribution >= 4 is 39.1 Å². The Hall–Kier alpha value is -3.82. The summed E-state index contributed by atoms with van der Waals surface area (Å²) in [6.45, 7) is -2.20. The van der Waals surface area contributed by atoms with E-state index < -0.39 is 64.1 Å². The molecule has 3 aromatic rings. The number of carbonyl (C=O) groups excluding carboxylic acids is 2. The Bertz CT molecular complexity index is 1440. The van der Waals surface area contributed by atoms with Crippen LogP contribution >= 0.6 is 15.9 Å². The van der Waals surface area contributed by atoms with Crippen LogP contribution in [0.2, 0.25) is 0 Å². The van der Waals surface area contributed by atoms with Gasteiger partial charge in [0.1, 0.15) is 5.75 Å². The number of alkyl halides is 10. The standard InChI is InChI=1S/C26H17BrF10N2O3/c1-39(22(41)14-6-3-2-4-7-14)17-9-5-8-15(10-17)21(40)38-20-18(27)11-16(12-19(20)42-13-23(28,29)30)24(31,25(32,33)34)26(35,36)37/h2-12H,13H2,1H3,(H,38,40). The average Bonchev–Trinajstić information content (AvgIpc) is 2.90. The minimum atomic E-state index is -6.57. The fourth-order valence-electron chi connectivity index (χ4n) is 3.60. The lowest BCUT2D eigenvalue weighted by atomic mass is 9.93. The molecule has 0 radical (unpaired) electrons. The molecule has 0 fully saturated rings. The molecule has 0 aliphatic heterocycles. The number of hydrogen-bond acceptors (Lipinski definition) is 3. The van der Waals surface area contributed by atoms with Crippen molar-refractivity contribution in [2.24, 2.45) is 0 Å². The zero-order chi connectivity index (χ0) is 31.7. The molecule has 0 unspecified atom stereocenters. The Morgan fingerprint density at radius 3 is 1.93 bits per heavy atom. The highest BCUT2D eigenvalue weighted by molar-refractivity contribution is 9.10. The summed E-state index contributed by atoms with van der Waals surface area (Å²) < 4.78 is 136. The van der Waals surface area contributed by atoms with Crippen LogP contribution in [-0.2, 0) is 5.67 Å². The average molecular weight is 675 g/mol. The van der Waals surface area contributed by atoms with Gasteiger partial charge in [-0.3, -0.25) is 9.59 Å². The van der Waals surface area contributed by atoms with Crippen molar-refractivity contribution in [2.75, 3.05) is 23.9 Å². The number of nitrogens with one attached hydrogen (secondary N) is 1. The molecular weight excluding hydrogens is 658 g/mol. The number of amides is 2. The lowest BCUT2D eigenvalue weighted by Crippen LogP contribution is -2.50. The second-order valence-electron chi connectivity index (χ2n) is 8.62. The number of nitrogens with zero attached hydrogens (tertiary/aromatic N) is 1. The van der Waals surface area contributed by atoms with Gasteiger partial charge in [0.2, 0.25) is 0 Å². The van der Waals surface area contributed by atoms with Gasteiger partial charge in [0.25, 0.3) is 11.8 Å². The topological polar surface area (TPSA) is 58.6 Å². The highest BCUT2D eigenvalue weighted by Crippen LogP contribution is 2.55. The number of hydrogen-bond donors (Lipinski definition) is 1. The van der Waals surface area contributed by atoms with Crippen molar-refractivity contribution in [3.63, 3.8) is 0 Å². The smallest absolute Gasteiger partial charge is 0.435 e. The zero-order valence-electron chi connectivity index (χ0n) is 20.9. The van der Waals surface area contributed by atoms with Crippen molar-refractivity contribution in [1.82, 2.24) is 0 Å². The molecule has 226 valence electrons. The maximum Gasteiger partial charge on any atom is 0.435 e. The zero-order valence-corrected chi connectivity index (χ0v) is 22.5. The van der Waals surface area contributed by atoms with E-state index in [0.29, 0.717) is 5.56 Å². The molecule has 0 saturated carbocycles. The highest BCUT2D eigenvalue weighted by atomic mass is 79.9. The quantitative estimate of drug-likeness (QED) is 0.257. The first-order valence-electron chi connectivity index (χ1n) is 11.4. The molecule has 16 heteroatoms. The fraction of sp³-hybridized carbons (Fsp3) is 0.231. The molecule has 1 N–H and O–H groups in total. The first-order valence-corrected chi connectivity index (χ1v) is 12.2. The van der Waals surface area contributed by atoms with E-state index in [1.807, 2.05) is 5.32 Å². The number of halogens is 11. The van der Waals surface area contributed by atoms with Crippen molar-refractivity contribution < 1.29 is 58.2 Å². The molecule has 3 rings (SSSR count). The van der Waals surface area contributed by atoms with Crippen LogP contribution in [0.1, 0.15) is 26.3 Å². The third-order valence-corrected chi connectivity index (χ3v) is 6.31. The van der Waals surface area contributed by atoms with Gasteiger partial charge >= 0.3 is 24.2 Å². The Morgan fingerprint density at radius 1 is 0.810 bits per heavy atom. The van der Waals surface area contributed by atoms with E-state index in [2.05, 4.69) is 20.7 Å². The van der Waals surface area contributed by atoms with Crippen LogP contribution < -0.4 is 15.0 Å². The number of carbonyl (C=O) groups is 2. The predicted molar refractivity (Wildman–Crippen MR) is 134 cm³/mol. The Labute approximate surface area is 239 Å². The third kappa shape index (κ3) is 6.97. The van der Waals surface area contributed by atoms with Crippen LogP contribution in [0.4, 0.5) is 55.3 Å². The van der Waals surface area contributed by atoms with Crippen molar-refractivity contribution in [3.8, 4) is 5.75 Å². The Balaban J connectivity index is 2.03. The third-order valence-electron chi connectivity index (χ3n) is 5.68. The fourth-order valence-corrected chi connectivity index (χ4v) is 4.14. The monoisotopic (exact) mass is 674 g/mol. The van der Waals surface area contributed by atoms with E-state index in [0.717, 1.165) is 0 Å². The van der Waals surface area contributed by atoms with E-state index in [9.17, 15) is 53.5 Å². The number of ether oxygens (including phenoxy) is 1. The van der Waals surface area contributed by atoms with Gasteiger partial charge in [0.15, 0.2) is 6.61 Å². The van der Waals surface area contributed by atoms with Crippen LogP contribution in [0.5, 0.6) is 5.75 Å². The molecule has 0 spiro atoms. The van der Waals surface area contributed by atoms with Crippen LogP contribution in [0.25, 0.3) is 0 Å². The van der Waals surface area contributed by atoms with Gasteiger partial charge < -0.3 is 15.0 Å². The summed E-state index contributed by atoms with van der Waals surface area (Å²) in [6, 6.07) is 12.9. The maximum absolute atomic E-state index is 14.7. The van der Waals surface area contributed by atoms with Gasteiger partial charge in [-0.1, -0.05) is 24.3 Å². The van der Waals surface area contributed by atoms with Gasteiger partial charge in [0, 0.05) is 33.9 Å². The number of anilines is 2. The summed E-state index contributed by atoms with van der Waals surface area (Å²) in [6.07, 6.45) is -18.3. The molecule has 0 aliphatic rings. The maximum atomic E-state index is 14.7. The van der Waals surface area contributed by atoms with E-state index >= 15 is 0 Å². The first kappa shape index (κ1) is 32.7. The summed E-state index contributed by atoms with van der Waals surface area (Å²) in [5.74, 6) is -2.92. The molecule has 42 heavy (non-hydrogen) atoms. The molecule has 3 aromatic carbocycles. The van der Waals surface area contributed by atoms with E-state index in [1.54, 1.807) is 18.2 Å². The SMILES string of the molecule is CN(C(=O)c1ccccc1)c1cccc(C(=O)Nc2c(Br)cc(C(F)(C(F)(F)F)C(F)(F)F)cc2OCC(F)(F)F)c1. The predicted octanol–water partition coefficient (Wildman–Crippen LogP) is 8.21. The van der Waals surface area contributed by atoms with Crippen molar-refractivity contribution in [2.45, 2.75) is 24.2 Å². The second-order valence-corrected chi connectivity index (χ2v) is 9.48. The van der Waals surface area contributed by atoms with Crippen molar-refractivity contribution in [1.29, 1.82) is 0 Å². The summed E-state index contributed by atoms with van der Waals surface area (Å²) in [4.78, 5) is 26.9. The first-order chi connectivity index (χ1) is 19.3. The molecule has 5 nitrogen and oxygen atoms in total. The number of benzene rings is 3. The second kappa shape index (κ2) is 11.8. The minimum Gasteiger partial charge on any atom is -0.482 e. The lowest BCUT2D eigenvalue weighted by Gasteiger charge is -2.31. The molecule has 0 aromatic heterocycles. The Kier molecular flexibility index (Phi) is 9.20. The Morgan fingerprint density at radius 2 is 1.38 bits per heavy atom. The highest BCUT2D eigenvalue weighted by Gasteiger charge is 2.73. The van der Waals surface area contributed by atoms with Crippen LogP contribution in [-0.4, -0.2) is 44.0 Å². The summed E-state index contributed by atoms with van der Waals surface area (Å²) >= 11 is 2.60.